The first-order valence-corrected chi connectivity index (χ1v) is 10.6. The lowest BCUT2D eigenvalue weighted by Crippen LogP contribution is -2.47. The summed E-state index contributed by atoms with van der Waals surface area (Å²) in [5, 5.41) is 3.51. The van der Waals surface area contributed by atoms with Gasteiger partial charge in [-0.3, -0.25) is 9.69 Å². The Labute approximate surface area is 189 Å². The van der Waals surface area contributed by atoms with Crippen LogP contribution in [0.2, 0.25) is 5.02 Å². The first kappa shape index (κ1) is 22.7. The first-order valence-electron chi connectivity index (χ1n) is 9.42. The summed E-state index contributed by atoms with van der Waals surface area (Å²) in [6, 6.07) is 12.2. The van der Waals surface area contributed by atoms with Crippen LogP contribution in [-0.4, -0.2) is 53.4 Å². The maximum Gasteiger partial charge on any atom is 0.270 e. The van der Waals surface area contributed by atoms with E-state index in [1.54, 1.807) is 23.7 Å². The minimum atomic E-state index is -0.200. The Morgan fingerprint density at radius 2 is 1.87 bits per heavy atom. The lowest BCUT2D eigenvalue weighted by molar-refractivity contribution is -0.112. The van der Waals surface area contributed by atoms with Crippen molar-refractivity contribution in [2.24, 2.45) is 4.99 Å². The van der Waals surface area contributed by atoms with Gasteiger partial charge >= 0.3 is 0 Å². The number of amides is 1. The Bertz CT molecular complexity index is 1190. The second-order valence-corrected chi connectivity index (χ2v) is 8.39. The summed E-state index contributed by atoms with van der Waals surface area (Å²) in [5.74, 6) is 0.916. The van der Waals surface area contributed by atoms with Gasteiger partial charge in [-0.15, -0.1) is 12.4 Å². The number of piperazine rings is 1. The zero-order valence-corrected chi connectivity index (χ0v) is 18.6. The minimum Gasteiger partial charge on any atom is -0.412 e. The summed E-state index contributed by atoms with van der Waals surface area (Å²) in [6.45, 7) is 4.93. The van der Waals surface area contributed by atoms with Gasteiger partial charge in [-0.1, -0.05) is 23.7 Å². The van der Waals surface area contributed by atoms with E-state index in [0.29, 0.717) is 10.4 Å². The molecule has 0 spiro atoms. The fourth-order valence-corrected chi connectivity index (χ4v) is 4.93. The van der Waals surface area contributed by atoms with E-state index in [9.17, 15) is 4.79 Å². The van der Waals surface area contributed by atoms with Gasteiger partial charge in [-0.2, -0.15) is 4.37 Å². The van der Waals surface area contributed by atoms with Gasteiger partial charge in [0.1, 0.15) is 5.82 Å². The highest BCUT2D eigenvalue weighted by atomic mass is 35.5. The largest absolute Gasteiger partial charge is 0.412 e. The third kappa shape index (κ3) is 4.36. The number of carbonyl (C=O) groups is 1. The Hall–Kier alpha value is -2.03. The summed E-state index contributed by atoms with van der Waals surface area (Å²) < 4.78 is 5.92. The molecule has 1 amide bonds. The quantitative estimate of drug-likeness (QED) is 0.589. The monoisotopic (exact) mass is 464 g/mol. The van der Waals surface area contributed by atoms with E-state index in [-0.39, 0.29) is 23.8 Å². The van der Waals surface area contributed by atoms with Gasteiger partial charge in [0.2, 0.25) is 0 Å². The number of carbonyl (C=O) groups excluding carboxylic acids is 1. The van der Waals surface area contributed by atoms with Crippen molar-refractivity contribution in [1.82, 2.24) is 9.27 Å². The average Bonchev–Trinajstić information content (AvgIpc) is 3.29. The molecule has 1 fully saturated rings. The van der Waals surface area contributed by atoms with Gasteiger partial charge in [-0.25, -0.2) is 4.99 Å². The third-order valence-corrected chi connectivity index (χ3v) is 6.60. The molecule has 3 heterocycles. The van der Waals surface area contributed by atoms with Crippen LogP contribution in [0.15, 0.2) is 41.4 Å². The van der Waals surface area contributed by atoms with Crippen LogP contribution in [0.3, 0.4) is 0 Å². The number of hydrogen-bond donors (Lipinski definition) is 0. The van der Waals surface area contributed by atoms with Crippen molar-refractivity contribution in [3.05, 3.63) is 57.6 Å². The molecule has 5 rings (SSSR count). The number of rotatable bonds is 4. The Morgan fingerprint density at radius 1 is 1.10 bits per heavy atom. The highest BCUT2D eigenvalue weighted by Gasteiger charge is 2.20. The molecule has 0 atom stereocenters. The number of halogens is 2. The van der Waals surface area contributed by atoms with Crippen LogP contribution in [0.5, 0.6) is 0 Å². The maximum atomic E-state index is 11.5. The topological polar surface area (TPSA) is 80.3 Å². The molecule has 1 aromatic heterocycles. The standard InChI is InChI=1S/C21H19ClN4OS.ClH.H2O/c22-17-13-18-15(12-20(27)23-18)11-14(17)5-6-25-7-9-26(10-8-25)21-16-3-1-2-4-19(16)28-24-21;;/h1-4,11-13H,5-10H2;1H;1H2. The van der Waals surface area contributed by atoms with E-state index in [2.05, 4.69) is 43.4 Å². The number of anilines is 1. The lowest BCUT2D eigenvalue weighted by Gasteiger charge is -2.35. The maximum absolute atomic E-state index is 11.5. The van der Waals surface area contributed by atoms with E-state index in [1.807, 2.05) is 6.07 Å². The molecular formula is C21H22Cl2N4O2S. The van der Waals surface area contributed by atoms with Crippen LogP contribution in [0.1, 0.15) is 5.56 Å². The smallest absolute Gasteiger partial charge is 0.270 e. The number of aromatic nitrogens is 1. The van der Waals surface area contributed by atoms with Crippen LogP contribution in [0, 0.1) is 0 Å². The predicted octanol–water partition coefficient (Wildman–Crippen LogP) is 1.85. The molecule has 30 heavy (non-hydrogen) atoms. The molecule has 158 valence electrons. The van der Waals surface area contributed by atoms with Gasteiger partial charge in [-0.05, 0) is 47.8 Å². The van der Waals surface area contributed by atoms with Crippen LogP contribution in [-0.2, 0) is 11.2 Å². The fourth-order valence-electron chi connectivity index (χ4n) is 3.88. The molecule has 2 N–H and O–H groups in total. The molecule has 2 aliphatic rings. The van der Waals surface area contributed by atoms with Gasteiger partial charge in [0.15, 0.2) is 0 Å². The van der Waals surface area contributed by atoms with Crippen molar-refractivity contribution in [3.63, 3.8) is 0 Å². The van der Waals surface area contributed by atoms with Crippen molar-refractivity contribution in [3.8, 4) is 0 Å². The SMILES string of the molecule is Cl.O.O=C1C=c2cc(CCN3CCN(c4nsc5ccccc45)CC3)c(Cl)cc2=N1. The summed E-state index contributed by atoms with van der Waals surface area (Å²) in [4.78, 5) is 20.3. The third-order valence-electron chi connectivity index (χ3n) is 5.43. The molecule has 1 saturated heterocycles. The van der Waals surface area contributed by atoms with Gasteiger partial charge in [0.25, 0.3) is 5.91 Å². The molecule has 9 heteroatoms. The van der Waals surface area contributed by atoms with Crippen molar-refractivity contribution in [2.75, 3.05) is 37.6 Å². The number of fused-ring (bicyclic) bond motifs is 2. The summed E-state index contributed by atoms with van der Waals surface area (Å²) >= 11 is 7.97. The molecular weight excluding hydrogens is 443 g/mol. The van der Waals surface area contributed by atoms with Crippen molar-refractivity contribution < 1.29 is 10.3 Å². The van der Waals surface area contributed by atoms with Gasteiger partial charge in [0.05, 0.1) is 10.1 Å². The van der Waals surface area contributed by atoms with Crippen molar-refractivity contribution >= 4 is 63.4 Å². The molecule has 0 saturated carbocycles. The second-order valence-electron chi connectivity index (χ2n) is 7.18. The molecule has 0 bridgehead atoms. The van der Waals surface area contributed by atoms with Crippen molar-refractivity contribution in [1.29, 1.82) is 0 Å². The summed E-state index contributed by atoms with van der Waals surface area (Å²) in [5.41, 5.74) is 1.08. The van der Waals surface area contributed by atoms with E-state index in [0.717, 1.165) is 55.7 Å². The minimum absolute atomic E-state index is 0. The first-order chi connectivity index (χ1) is 13.7. The number of nitrogens with zero attached hydrogens (tertiary/aromatic N) is 4. The fraction of sp³-hybridized carbons (Fsp3) is 0.286. The Kier molecular flexibility index (Phi) is 7.10. The lowest BCUT2D eigenvalue weighted by atomic mass is 10.1. The highest BCUT2D eigenvalue weighted by Crippen LogP contribution is 2.29. The van der Waals surface area contributed by atoms with E-state index in [1.165, 1.54) is 10.1 Å². The predicted molar refractivity (Wildman–Crippen MR) is 125 cm³/mol. The average molecular weight is 465 g/mol. The molecule has 2 aromatic carbocycles. The normalized spacial score (nSPS) is 15.8. The zero-order chi connectivity index (χ0) is 19.1. The van der Waals surface area contributed by atoms with E-state index >= 15 is 0 Å². The molecule has 6 nitrogen and oxygen atoms in total. The van der Waals surface area contributed by atoms with Gasteiger partial charge < -0.3 is 10.4 Å². The van der Waals surface area contributed by atoms with Crippen LogP contribution in [0.25, 0.3) is 16.2 Å². The molecule has 3 aromatic rings. The number of hydrogen-bond acceptors (Lipinski definition) is 5. The summed E-state index contributed by atoms with van der Waals surface area (Å²) in [6.07, 6.45) is 2.44. The van der Waals surface area contributed by atoms with E-state index in [4.69, 9.17) is 11.6 Å². The highest BCUT2D eigenvalue weighted by molar-refractivity contribution is 7.13. The van der Waals surface area contributed by atoms with E-state index < -0.39 is 0 Å². The van der Waals surface area contributed by atoms with Crippen molar-refractivity contribution in [2.45, 2.75) is 6.42 Å². The Balaban J connectivity index is 0.00000128. The second kappa shape index (κ2) is 9.41. The van der Waals surface area contributed by atoms with Gasteiger partial charge in [0, 0.05) is 54.4 Å². The number of benzene rings is 2. The molecule has 0 radical (unpaired) electrons. The zero-order valence-electron chi connectivity index (χ0n) is 16.2. The molecule has 0 unspecified atom stereocenters. The van der Waals surface area contributed by atoms with Crippen LogP contribution < -0.4 is 15.5 Å². The van der Waals surface area contributed by atoms with Crippen LogP contribution >= 0.6 is 35.5 Å². The Morgan fingerprint density at radius 3 is 2.67 bits per heavy atom. The molecule has 2 aliphatic heterocycles. The molecule has 0 aliphatic carbocycles. The van der Waals surface area contributed by atoms with Crippen LogP contribution in [0.4, 0.5) is 5.82 Å². The summed E-state index contributed by atoms with van der Waals surface area (Å²) in [7, 11) is 0.